The maximum atomic E-state index is 13.2. The number of sulfonamides is 1. The molecule has 10 nitrogen and oxygen atoms in total. The first-order chi connectivity index (χ1) is 15.3. The van der Waals surface area contributed by atoms with Crippen LogP contribution in [-0.4, -0.2) is 70.7 Å². The molecule has 2 amide bonds. The SMILES string of the molecule is CC[C@@H](C)[C@H](NC(=O)C1CCN(S(=O)(=O)c2cccc3nsnc23)CC1)C(=O)NCCO. The molecule has 176 valence electrons. The van der Waals surface area contributed by atoms with Crippen LogP contribution in [0.3, 0.4) is 0 Å². The molecule has 2 heterocycles. The van der Waals surface area contributed by atoms with E-state index < -0.39 is 16.1 Å². The number of benzene rings is 1. The number of rotatable bonds is 9. The number of aliphatic hydroxyl groups is 1. The minimum absolute atomic E-state index is 0.0784. The Labute approximate surface area is 191 Å². The molecule has 1 aliphatic heterocycles. The summed E-state index contributed by atoms with van der Waals surface area (Å²) in [4.78, 5) is 25.4. The summed E-state index contributed by atoms with van der Waals surface area (Å²) in [5.74, 6) is -1.04. The molecule has 2 aromatic rings. The summed E-state index contributed by atoms with van der Waals surface area (Å²) in [5, 5.41) is 14.4. The molecule has 2 atom stereocenters. The van der Waals surface area contributed by atoms with Crippen molar-refractivity contribution in [1.82, 2.24) is 23.7 Å². The lowest BCUT2D eigenvalue weighted by Crippen LogP contribution is -2.53. The molecule has 0 spiro atoms. The fourth-order valence-electron chi connectivity index (χ4n) is 3.75. The number of carbonyl (C=O) groups is 2. The fraction of sp³-hybridized carbons (Fsp3) is 0.600. The average molecular weight is 484 g/mol. The molecule has 0 unspecified atom stereocenters. The van der Waals surface area contributed by atoms with Crippen molar-refractivity contribution in [3.05, 3.63) is 18.2 Å². The Bertz CT molecular complexity index is 1050. The lowest BCUT2D eigenvalue weighted by molar-refractivity contribution is -0.133. The molecule has 0 radical (unpaired) electrons. The molecular weight excluding hydrogens is 454 g/mol. The summed E-state index contributed by atoms with van der Waals surface area (Å²) in [6.07, 6.45) is 1.43. The zero-order valence-electron chi connectivity index (χ0n) is 18.2. The van der Waals surface area contributed by atoms with Crippen molar-refractivity contribution in [3.63, 3.8) is 0 Å². The maximum absolute atomic E-state index is 13.2. The van der Waals surface area contributed by atoms with Crippen molar-refractivity contribution in [1.29, 1.82) is 0 Å². The molecule has 32 heavy (non-hydrogen) atoms. The average Bonchev–Trinajstić information content (AvgIpc) is 3.29. The topological polar surface area (TPSA) is 142 Å². The van der Waals surface area contributed by atoms with Gasteiger partial charge in [-0.1, -0.05) is 26.3 Å². The van der Waals surface area contributed by atoms with E-state index in [4.69, 9.17) is 5.11 Å². The molecule has 12 heteroatoms. The highest BCUT2D eigenvalue weighted by Crippen LogP contribution is 2.28. The first kappa shape index (κ1) is 24.5. The number of aromatic nitrogens is 2. The number of nitrogens with zero attached hydrogens (tertiary/aromatic N) is 3. The summed E-state index contributed by atoms with van der Waals surface area (Å²) < 4.78 is 35.9. The smallest absolute Gasteiger partial charge is 0.245 e. The molecule has 1 saturated heterocycles. The van der Waals surface area contributed by atoms with Crippen molar-refractivity contribution in [3.8, 4) is 0 Å². The highest BCUT2D eigenvalue weighted by Gasteiger charge is 2.35. The van der Waals surface area contributed by atoms with Gasteiger partial charge in [-0.05, 0) is 30.9 Å². The Kier molecular flexibility index (Phi) is 8.15. The van der Waals surface area contributed by atoms with E-state index in [1.165, 1.54) is 10.4 Å². The Morgan fingerprint density at radius 1 is 1.28 bits per heavy atom. The molecule has 1 fully saturated rings. The number of aliphatic hydroxyl groups excluding tert-OH is 1. The van der Waals surface area contributed by atoms with E-state index in [0.717, 1.165) is 11.7 Å². The van der Waals surface area contributed by atoms with Gasteiger partial charge in [0.05, 0.1) is 18.3 Å². The van der Waals surface area contributed by atoms with Gasteiger partial charge in [0.1, 0.15) is 22.0 Å². The van der Waals surface area contributed by atoms with E-state index >= 15 is 0 Å². The van der Waals surface area contributed by atoms with E-state index in [1.54, 1.807) is 12.1 Å². The van der Waals surface area contributed by atoms with E-state index in [0.29, 0.717) is 30.3 Å². The Hall–Kier alpha value is -2.15. The number of carbonyl (C=O) groups excluding carboxylic acids is 2. The summed E-state index contributed by atoms with van der Waals surface area (Å²) in [5.41, 5.74) is 0.906. The van der Waals surface area contributed by atoms with E-state index in [-0.39, 0.29) is 54.8 Å². The summed E-state index contributed by atoms with van der Waals surface area (Å²) >= 11 is 0.968. The fourth-order valence-corrected chi connectivity index (χ4v) is 5.97. The molecule has 0 bridgehead atoms. The normalized spacial score (nSPS) is 17.7. The van der Waals surface area contributed by atoms with Gasteiger partial charge in [0.2, 0.25) is 21.8 Å². The lowest BCUT2D eigenvalue weighted by atomic mass is 9.94. The second-order valence-electron chi connectivity index (χ2n) is 7.95. The zero-order valence-corrected chi connectivity index (χ0v) is 19.8. The predicted octanol–water partition coefficient (Wildman–Crippen LogP) is 0.731. The van der Waals surface area contributed by atoms with Gasteiger partial charge in [0, 0.05) is 25.6 Å². The van der Waals surface area contributed by atoms with Crippen molar-refractivity contribution >= 4 is 44.6 Å². The highest BCUT2D eigenvalue weighted by atomic mass is 32.2. The largest absolute Gasteiger partial charge is 0.395 e. The van der Waals surface area contributed by atoms with Crippen molar-refractivity contribution in [2.75, 3.05) is 26.2 Å². The number of piperidine rings is 1. The Morgan fingerprint density at radius 3 is 2.66 bits per heavy atom. The zero-order chi connectivity index (χ0) is 23.3. The highest BCUT2D eigenvalue weighted by molar-refractivity contribution is 7.89. The second-order valence-corrected chi connectivity index (χ2v) is 10.4. The van der Waals surface area contributed by atoms with Gasteiger partial charge in [-0.3, -0.25) is 9.59 Å². The third-order valence-electron chi connectivity index (χ3n) is 5.90. The minimum Gasteiger partial charge on any atom is -0.395 e. The Morgan fingerprint density at radius 2 is 2.00 bits per heavy atom. The summed E-state index contributed by atoms with van der Waals surface area (Å²) in [7, 11) is -3.75. The van der Waals surface area contributed by atoms with Gasteiger partial charge in [-0.2, -0.15) is 13.1 Å². The lowest BCUT2D eigenvalue weighted by Gasteiger charge is -2.32. The van der Waals surface area contributed by atoms with Gasteiger partial charge in [0.15, 0.2) is 0 Å². The van der Waals surface area contributed by atoms with Gasteiger partial charge >= 0.3 is 0 Å². The number of amides is 2. The van der Waals surface area contributed by atoms with E-state index in [2.05, 4.69) is 19.4 Å². The van der Waals surface area contributed by atoms with Crippen LogP contribution in [-0.2, 0) is 19.6 Å². The molecule has 1 aromatic heterocycles. The van der Waals surface area contributed by atoms with E-state index in [1.807, 2.05) is 13.8 Å². The van der Waals surface area contributed by atoms with Crippen LogP contribution >= 0.6 is 11.7 Å². The van der Waals surface area contributed by atoms with Crippen LogP contribution in [0, 0.1) is 11.8 Å². The van der Waals surface area contributed by atoms with Crippen LogP contribution in [0.4, 0.5) is 0 Å². The van der Waals surface area contributed by atoms with Crippen molar-refractivity contribution < 1.29 is 23.1 Å². The van der Waals surface area contributed by atoms with Crippen molar-refractivity contribution in [2.45, 2.75) is 44.0 Å². The number of fused-ring (bicyclic) bond motifs is 1. The molecule has 3 rings (SSSR count). The standard InChI is InChI=1S/C20H29N5O5S2/c1-3-13(2)17(20(28)21-9-12-26)22-19(27)14-7-10-25(11-8-14)32(29,30)16-6-4-5-15-18(16)24-31-23-15/h4-6,13-14,17,26H,3,7-12H2,1-2H3,(H,21,28)(H,22,27)/t13-,17+/m1/s1. The third-order valence-corrected chi connectivity index (χ3v) is 8.37. The molecule has 1 aliphatic rings. The van der Waals surface area contributed by atoms with Crippen LogP contribution in [0.1, 0.15) is 33.1 Å². The van der Waals surface area contributed by atoms with Crippen LogP contribution in [0.2, 0.25) is 0 Å². The number of hydrogen-bond donors (Lipinski definition) is 3. The number of nitrogens with one attached hydrogen (secondary N) is 2. The van der Waals surface area contributed by atoms with E-state index in [9.17, 15) is 18.0 Å². The number of hydrogen-bond acceptors (Lipinski definition) is 8. The summed E-state index contributed by atoms with van der Waals surface area (Å²) in [6.45, 7) is 4.18. The monoisotopic (exact) mass is 483 g/mol. The van der Waals surface area contributed by atoms with Crippen LogP contribution in [0.25, 0.3) is 11.0 Å². The molecule has 0 saturated carbocycles. The Balaban J connectivity index is 1.64. The van der Waals surface area contributed by atoms with Gasteiger partial charge in [-0.15, -0.1) is 0 Å². The first-order valence-electron chi connectivity index (χ1n) is 10.7. The molecular formula is C20H29N5O5S2. The second kappa shape index (κ2) is 10.6. The predicted molar refractivity (Wildman–Crippen MR) is 120 cm³/mol. The van der Waals surface area contributed by atoms with Crippen LogP contribution < -0.4 is 10.6 Å². The van der Waals surface area contributed by atoms with Gasteiger partial charge in [-0.25, -0.2) is 8.42 Å². The third kappa shape index (κ3) is 5.25. The first-order valence-corrected chi connectivity index (χ1v) is 12.9. The molecule has 1 aromatic carbocycles. The van der Waals surface area contributed by atoms with Gasteiger partial charge in [0.25, 0.3) is 0 Å². The van der Waals surface area contributed by atoms with Crippen molar-refractivity contribution in [2.24, 2.45) is 11.8 Å². The molecule has 3 N–H and O–H groups in total. The molecule has 0 aliphatic carbocycles. The maximum Gasteiger partial charge on any atom is 0.245 e. The van der Waals surface area contributed by atoms with Crippen LogP contribution in [0.5, 0.6) is 0 Å². The summed E-state index contributed by atoms with van der Waals surface area (Å²) in [6, 6.07) is 4.20. The minimum atomic E-state index is -3.75. The quantitative estimate of drug-likeness (QED) is 0.477. The van der Waals surface area contributed by atoms with Gasteiger partial charge < -0.3 is 15.7 Å². The van der Waals surface area contributed by atoms with Crippen LogP contribution in [0.15, 0.2) is 23.1 Å².